The molecule has 0 radical (unpaired) electrons. The number of benzene rings is 1. The number of carbonyl (C=O) groups excluding carboxylic acids is 1. The SMILES string of the molecule is Cn1nccc1C(=O)NC(C(=O)O)c1ccc(Br)cc1. The van der Waals surface area contributed by atoms with E-state index < -0.39 is 17.9 Å². The highest BCUT2D eigenvalue weighted by atomic mass is 79.9. The number of aromatic nitrogens is 2. The van der Waals surface area contributed by atoms with Crippen molar-refractivity contribution in [2.24, 2.45) is 7.05 Å². The van der Waals surface area contributed by atoms with Gasteiger partial charge in [0, 0.05) is 17.7 Å². The van der Waals surface area contributed by atoms with Crippen molar-refractivity contribution in [2.45, 2.75) is 6.04 Å². The number of carboxylic acid groups (broad SMARTS) is 1. The van der Waals surface area contributed by atoms with Crippen LogP contribution in [0.4, 0.5) is 0 Å². The molecule has 0 spiro atoms. The number of nitrogens with zero attached hydrogens (tertiary/aromatic N) is 2. The van der Waals surface area contributed by atoms with E-state index in [2.05, 4.69) is 26.3 Å². The van der Waals surface area contributed by atoms with Crippen LogP contribution in [0.3, 0.4) is 0 Å². The molecule has 0 fully saturated rings. The zero-order chi connectivity index (χ0) is 14.7. The molecule has 7 heteroatoms. The summed E-state index contributed by atoms with van der Waals surface area (Å²) in [6.45, 7) is 0. The molecule has 0 aliphatic rings. The van der Waals surface area contributed by atoms with Crippen LogP contribution in [0.2, 0.25) is 0 Å². The minimum absolute atomic E-state index is 0.299. The molecule has 2 N–H and O–H groups in total. The van der Waals surface area contributed by atoms with Crippen LogP contribution in [-0.4, -0.2) is 26.8 Å². The number of aliphatic carboxylic acids is 1. The van der Waals surface area contributed by atoms with E-state index in [-0.39, 0.29) is 0 Å². The van der Waals surface area contributed by atoms with Crippen LogP contribution in [0, 0.1) is 0 Å². The second-order valence-corrected chi connectivity index (χ2v) is 5.05. The van der Waals surface area contributed by atoms with Crippen LogP contribution in [0.15, 0.2) is 41.0 Å². The van der Waals surface area contributed by atoms with Crippen molar-refractivity contribution in [1.29, 1.82) is 0 Å². The zero-order valence-corrected chi connectivity index (χ0v) is 12.2. The van der Waals surface area contributed by atoms with Crippen molar-refractivity contribution in [1.82, 2.24) is 15.1 Å². The fourth-order valence-electron chi connectivity index (χ4n) is 1.74. The number of halogens is 1. The summed E-state index contributed by atoms with van der Waals surface area (Å²) in [7, 11) is 1.62. The number of hydrogen-bond donors (Lipinski definition) is 2. The van der Waals surface area contributed by atoms with Crippen molar-refractivity contribution in [3.05, 3.63) is 52.3 Å². The Morgan fingerprint density at radius 1 is 1.30 bits per heavy atom. The monoisotopic (exact) mass is 337 g/mol. The molecule has 0 bridgehead atoms. The number of carboxylic acids is 1. The maximum atomic E-state index is 12.0. The molecule has 2 aromatic rings. The normalized spacial score (nSPS) is 11.9. The molecular weight excluding hydrogens is 326 g/mol. The van der Waals surface area contributed by atoms with Gasteiger partial charge in [-0.1, -0.05) is 28.1 Å². The Kier molecular flexibility index (Phi) is 4.19. The molecule has 6 nitrogen and oxygen atoms in total. The van der Waals surface area contributed by atoms with Gasteiger partial charge >= 0.3 is 5.97 Å². The predicted octanol–water partition coefficient (Wildman–Crippen LogP) is 1.74. The summed E-state index contributed by atoms with van der Waals surface area (Å²) in [6.07, 6.45) is 1.48. The third kappa shape index (κ3) is 3.05. The van der Waals surface area contributed by atoms with E-state index in [1.807, 2.05) is 0 Å². The third-order valence-electron chi connectivity index (χ3n) is 2.78. The lowest BCUT2D eigenvalue weighted by atomic mass is 10.1. The topological polar surface area (TPSA) is 84.2 Å². The van der Waals surface area contributed by atoms with Crippen molar-refractivity contribution < 1.29 is 14.7 Å². The first-order valence-corrected chi connectivity index (χ1v) is 6.55. The summed E-state index contributed by atoms with van der Waals surface area (Å²) in [5, 5.41) is 15.6. The van der Waals surface area contributed by atoms with E-state index in [0.29, 0.717) is 11.3 Å². The zero-order valence-electron chi connectivity index (χ0n) is 10.6. The summed E-state index contributed by atoms with van der Waals surface area (Å²) in [5.41, 5.74) is 0.796. The van der Waals surface area contributed by atoms with Crippen LogP contribution in [0.5, 0.6) is 0 Å². The first-order chi connectivity index (χ1) is 9.49. The highest BCUT2D eigenvalue weighted by Gasteiger charge is 2.23. The van der Waals surface area contributed by atoms with E-state index in [0.717, 1.165) is 4.47 Å². The van der Waals surface area contributed by atoms with E-state index >= 15 is 0 Å². The van der Waals surface area contributed by atoms with Gasteiger partial charge in [-0.05, 0) is 23.8 Å². The number of aryl methyl sites for hydroxylation is 1. The summed E-state index contributed by atoms with van der Waals surface area (Å²) in [4.78, 5) is 23.4. The molecule has 0 aliphatic carbocycles. The molecule has 0 saturated carbocycles. The van der Waals surface area contributed by atoms with Gasteiger partial charge in [0.2, 0.25) is 0 Å². The van der Waals surface area contributed by atoms with Gasteiger partial charge in [-0.15, -0.1) is 0 Å². The Labute approximate surface area is 123 Å². The molecule has 2 rings (SSSR count). The average Bonchev–Trinajstić information content (AvgIpc) is 2.83. The van der Waals surface area contributed by atoms with E-state index in [1.54, 1.807) is 31.3 Å². The quantitative estimate of drug-likeness (QED) is 0.889. The lowest BCUT2D eigenvalue weighted by Gasteiger charge is -2.15. The second kappa shape index (κ2) is 5.87. The van der Waals surface area contributed by atoms with Crippen molar-refractivity contribution in [3.8, 4) is 0 Å². The maximum absolute atomic E-state index is 12.0. The Balaban J connectivity index is 2.22. The smallest absolute Gasteiger partial charge is 0.330 e. The summed E-state index contributed by atoms with van der Waals surface area (Å²) in [6, 6.07) is 7.16. The standard InChI is InChI=1S/C13H12BrN3O3/c1-17-10(6-7-15-17)12(18)16-11(13(19)20)8-2-4-9(14)5-3-8/h2-7,11H,1H3,(H,16,18)(H,19,20). The van der Waals surface area contributed by atoms with Gasteiger partial charge in [0.25, 0.3) is 5.91 Å². The highest BCUT2D eigenvalue weighted by Crippen LogP contribution is 2.17. The molecule has 1 unspecified atom stereocenters. The number of amides is 1. The predicted molar refractivity (Wildman–Crippen MR) is 75.2 cm³/mol. The summed E-state index contributed by atoms with van der Waals surface area (Å²) >= 11 is 3.28. The van der Waals surface area contributed by atoms with Gasteiger partial charge in [-0.3, -0.25) is 9.48 Å². The average molecular weight is 338 g/mol. The van der Waals surface area contributed by atoms with E-state index in [1.165, 1.54) is 16.9 Å². The van der Waals surface area contributed by atoms with Crippen LogP contribution < -0.4 is 5.32 Å². The van der Waals surface area contributed by atoms with Crippen molar-refractivity contribution in [2.75, 3.05) is 0 Å². The fourth-order valence-corrected chi connectivity index (χ4v) is 2.01. The lowest BCUT2D eigenvalue weighted by molar-refractivity contribution is -0.139. The Morgan fingerprint density at radius 2 is 1.95 bits per heavy atom. The second-order valence-electron chi connectivity index (χ2n) is 4.14. The maximum Gasteiger partial charge on any atom is 0.330 e. The van der Waals surface area contributed by atoms with Gasteiger partial charge in [0.05, 0.1) is 0 Å². The first-order valence-electron chi connectivity index (χ1n) is 5.76. The molecule has 0 aliphatic heterocycles. The number of nitrogens with one attached hydrogen (secondary N) is 1. The molecule has 1 atom stereocenters. The van der Waals surface area contributed by atoms with Crippen molar-refractivity contribution in [3.63, 3.8) is 0 Å². The number of carbonyl (C=O) groups is 2. The molecular formula is C13H12BrN3O3. The number of hydrogen-bond acceptors (Lipinski definition) is 3. The summed E-state index contributed by atoms with van der Waals surface area (Å²) < 4.78 is 2.22. The largest absolute Gasteiger partial charge is 0.479 e. The third-order valence-corrected chi connectivity index (χ3v) is 3.31. The molecule has 0 saturated heterocycles. The lowest BCUT2D eigenvalue weighted by Crippen LogP contribution is -2.34. The Hall–Kier alpha value is -2.15. The Bertz CT molecular complexity index is 637. The first kappa shape index (κ1) is 14.3. The minimum Gasteiger partial charge on any atom is -0.479 e. The van der Waals surface area contributed by atoms with Gasteiger partial charge in [-0.2, -0.15) is 5.10 Å². The van der Waals surface area contributed by atoms with Crippen LogP contribution >= 0.6 is 15.9 Å². The Morgan fingerprint density at radius 3 is 2.45 bits per heavy atom. The molecule has 104 valence electrons. The van der Waals surface area contributed by atoms with E-state index in [4.69, 9.17) is 0 Å². The molecule has 1 aromatic heterocycles. The van der Waals surface area contributed by atoms with Gasteiger partial charge in [0.15, 0.2) is 6.04 Å². The van der Waals surface area contributed by atoms with Crippen molar-refractivity contribution >= 4 is 27.8 Å². The number of rotatable bonds is 4. The minimum atomic E-state index is -1.12. The van der Waals surface area contributed by atoms with Crippen LogP contribution in [-0.2, 0) is 11.8 Å². The van der Waals surface area contributed by atoms with Gasteiger partial charge in [-0.25, -0.2) is 4.79 Å². The molecule has 1 amide bonds. The van der Waals surface area contributed by atoms with Gasteiger partial charge < -0.3 is 10.4 Å². The highest BCUT2D eigenvalue weighted by molar-refractivity contribution is 9.10. The molecule has 20 heavy (non-hydrogen) atoms. The fraction of sp³-hybridized carbons (Fsp3) is 0.154. The van der Waals surface area contributed by atoms with Crippen LogP contribution in [0.1, 0.15) is 22.1 Å². The van der Waals surface area contributed by atoms with Crippen LogP contribution in [0.25, 0.3) is 0 Å². The van der Waals surface area contributed by atoms with E-state index in [9.17, 15) is 14.7 Å². The van der Waals surface area contributed by atoms with Gasteiger partial charge in [0.1, 0.15) is 5.69 Å². The summed E-state index contributed by atoms with van der Waals surface area (Å²) in [5.74, 6) is -1.61. The molecule has 1 aromatic carbocycles. The molecule has 1 heterocycles.